The Labute approximate surface area is 155 Å². The molecule has 0 amide bonds. The zero-order chi connectivity index (χ0) is 18.8. The Kier molecular flexibility index (Phi) is 4.55. The van der Waals surface area contributed by atoms with Gasteiger partial charge in [0.2, 0.25) is 0 Å². The molecule has 2 N–H and O–H groups in total. The van der Waals surface area contributed by atoms with E-state index in [0.29, 0.717) is 12.2 Å². The third kappa shape index (κ3) is 3.80. The van der Waals surface area contributed by atoms with E-state index in [1.165, 1.54) is 11.6 Å². The van der Waals surface area contributed by atoms with E-state index in [9.17, 15) is 9.59 Å². The summed E-state index contributed by atoms with van der Waals surface area (Å²) in [5.41, 5.74) is 3.18. The van der Waals surface area contributed by atoms with Gasteiger partial charge in [-0.15, -0.1) is 0 Å². The van der Waals surface area contributed by atoms with Gasteiger partial charge in [-0.05, 0) is 30.5 Å². The average molecular weight is 364 g/mol. The van der Waals surface area contributed by atoms with Crippen molar-refractivity contribution in [3.05, 3.63) is 80.5 Å². The lowest BCUT2D eigenvalue weighted by Gasteiger charge is -2.25. The van der Waals surface area contributed by atoms with Gasteiger partial charge >= 0.3 is 5.69 Å². The molecule has 0 bridgehead atoms. The van der Waals surface area contributed by atoms with Crippen molar-refractivity contribution in [3.63, 3.8) is 0 Å². The van der Waals surface area contributed by atoms with Gasteiger partial charge in [0.25, 0.3) is 5.56 Å². The highest BCUT2D eigenvalue weighted by atomic mass is 16.2. The van der Waals surface area contributed by atoms with Gasteiger partial charge in [-0.2, -0.15) is 5.10 Å². The number of pyridine rings is 1. The molecule has 0 radical (unpaired) electrons. The number of rotatable bonds is 4. The van der Waals surface area contributed by atoms with Crippen molar-refractivity contribution in [1.82, 2.24) is 29.6 Å². The van der Waals surface area contributed by atoms with Crippen LogP contribution in [0.2, 0.25) is 0 Å². The van der Waals surface area contributed by atoms with Crippen LogP contribution in [0.4, 0.5) is 0 Å². The summed E-state index contributed by atoms with van der Waals surface area (Å²) in [6.07, 6.45) is 8.68. The summed E-state index contributed by atoms with van der Waals surface area (Å²) >= 11 is 0. The Balaban J connectivity index is 1.47. The van der Waals surface area contributed by atoms with E-state index in [4.69, 9.17) is 0 Å². The minimum absolute atomic E-state index is 0.376. The van der Waals surface area contributed by atoms with Crippen molar-refractivity contribution >= 4 is 5.57 Å². The lowest BCUT2D eigenvalue weighted by atomic mass is 10.0. The molecule has 1 aliphatic heterocycles. The van der Waals surface area contributed by atoms with Crippen LogP contribution in [-0.2, 0) is 6.54 Å². The number of hydrogen-bond donors (Lipinski definition) is 2. The Morgan fingerprint density at radius 2 is 2.15 bits per heavy atom. The number of aromatic nitrogens is 5. The van der Waals surface area contributed by atoms with Crippen LogP contribution < -0.4 is 11.2 Å². The zero-order valence-electron chi connectivity index (χ0n) is 15.0. The molecule has 0 saturated heterocycles. The molecule has 3 aromatic heterocycles. The van der Waals surface area contributed by atoms with E-state index in [0.717, 1.165) is 36.5 Å². The van der Waals surface area contributed by atoms with Crippen LogP contribution in [0.3, 0.4) is 0 Å². The molecular formula is C19H20N6O2. The molecule has 3 aromatic rings. The largest absolute Gasteiger partial charge is 0.325 e. The molecule has 0 aliphatic carbocycles. The average Bonchev–Trinajstić information content (AvgIpc) is 3.12. The number of hydrogen-bond acceptors (Lipinski definition) is 5. The molecule has 1 aliphatic rings. The van der Waals surface area contributed by atoms with Crippen molar-refractivity contribution in [3.8, 4) is 5.82 Å². The van der Waals surface area contributed by atoms with Crippen LogP contribution in [0.15, 0.2) is 52.5 Å². The minimum atomic E-state index is -0.469. The highest BCUT2D eigenvalue weighted by Gasteiger charge is 2.15. The number of aromatic amines is 2. The van der Waals surface area contributed by atoms with E-state index >= 15 is 0 Å². The summed E-state index contributed by atoms with van der Waals surface area (Å²) in [6, 6.07) is 5.36. The lowest BCUT2D eigenvalue weighted by Crippen LogP contribution is -2.31. The lowest BCUT2D eigenvalue weighted by molar-refractivity contribution is 0.290. The first-order valence-electron chi connectivity index (χ1n) is 8.79. The zero-order valence-corrected chi connectivity index (χ0v) is 15.0. The van der Waals surface area contributed by atoms with Crippen LogP contribution >= 0.6 is 0 Å². The van der Waals surface area contributed by atoms with Gasteiger partial charge in [-0.3, -0.25) is 14.7 Å². The van der Waals surface area contributed by atoms with Gasteiger partial charge in [0.15, 0.2) is 5.82 Å². The molecule has 4 heterocycles. The van der Waals surface area contributed by atoms with Gasteiger partial charge in [-0.1, -0.05) is 12.1 Å². The normalized spacial score (nSPS) is 14.9. The smallest absolute Gasteiger partial charge is 0.310 e. The number of H-pyrrole nitrogens is 2. The van der Waals surface area contributed by atoms with Crippen molar-refractivity contribution in [2.75, 3.05) is 13.1 Å². The number of nitrogens with zero attached hydrogens (tertiary/aromatic N) is 4. The summed E-state index contributed by atoms with van der Waals surface area (Å²) in [6.45, 7) is 4.14. The van der Waals surface area contributed by atoms with E-state index in [2.05, 4.69) is 31.0 Å². The maximum atomic E-state index is 11.4. The Morgan fingerprint density at radius 3 is 2.89 bits per heavy atom. The predicted molar refractivity (Wildman–Crippen MR) is 102 cm³/mol. The second kappa shape index (κ2) is 7.16. The van der Waals surface area contributed by atoms with Crippen LogP contribution in [0.1, 0.15) is 23.2 Å². The SMILES string of the molecule is Cc1cccnc1-n1cc(C2=CCN(Cc3cc(=O)[nH]c(=O)[nH]3)CC2)cn1. The summed E-state index contributed by atoms with van der Waals surface area (Å²) in [4.78, 5) is 34.2. The fraction of sp³-hybridized carbons (Fsp3) is 0.263. The van der Waals surface area contributed by atoms with E-state index < -0.39 is 5.69 Å². The third-order valence-corrected chi connectivity index (χ3v) is 4.66. The van der Waals surface area contributed by atoms with Crippen molar-refractivity contribution < 1.29 is 0 Å². The summed E-state index contributed by atoms with van der Waals surface area (Å²) < 4.78 is 1.80. The minimum Gasteiger partial charge on any atom is -0.310 e. The van der Waals surface area contributed by atoms with E-state index in [1.54, 1.807) is 10.9 Å². The third-order valence-electron chi connectivity index (χ3n) is 4.66. The van der Waals surface area contributed by atoms with Crippen molar-refractivity contribution in [2.45, 2.75) is 19.9 Å². The summed E-state index contributed by atoms with van der Waals surface area (Å²) in [5.74, 6) is 0.833. The van der Waals surface area contributed by atoms with E-state index in [1.807, 2.05) is 31.5 Å². The standard InChI is InChI=1S/C19H20N6O2/c1-13-3-2-6-20-18(13)25-11-15(10-21-25)14-4-7-24(8-5-14)12-16-9-17(26)23-19(27)22-16/h2-4,6,9-11H,5,7-8,12H2,1H3,(H2,22,23,26,27). The molecule has 0 aromatic carbocycles. The van der Waals surface area contributed by atoms with E-state index in [-0.39, 0.29) is 5.56 Å². The molecule has 0 unspecified atom stereocenters. The Bertz CT molecular complexity index is 1080. The van der Waals surface area contributed by atoms with Gasteiger partial charge < -0.3 is 4.98 Å². The Morgan fingerprint density at radius 1 is 1.26 bits per heavy atom. The molecule has 138 valence electrons. The van der Waals surface area contributed by atoms with Crippen LogP contribution in [-0.4, -0.2) is 42.7 Å². The quantitative estimate of drug-likeness (QED) is 0.726. The van der Waals surface area contributed by atoms with Crippen LogP contribution in [0.5, 0.6) is 0 Å². The van der Waals surface area contributed by atoms with Gasteiger partial charge in [-0.25, -0.2) is 14.5 Å². The maximum Gasteiger partial charge on any atom is 0.325 e. The molecule has 4 rings (SSSR count). The fourth-order valence-corrected chi connectivity index (χ4v) is 3.28. The maximum absolute atomic E-state index is 11.4. The second-order valence-electron chi connectivity index (χ2n) is 6.64. The van der Waals surface area contributed by atoms with Gasteiger partial charge in [0.1, 0.15) is 0 Å². The van der Waals surface area contributed by atoms with Gasteiger partial charge in [0, 0.05) is 49.4 Å². The molecule has 27 heavy (non-hydrogen) atoms. The summed E-state index contributed by atoms with van der Waals surface area (Å²) in [7, 11) is 0. The van der Waals surface area contributed by atoms with Crippen molar-refractivity contribution in [2.24, 2.45) is 0 Å². The topological polar surface area (TPSA) is 99.7 Å². The molecule has 8 nitrogen and oxygen atoms in total. The monoisotopic (exact) mass is 364 g/mol. The first-order valence-corrected chi connectivity index (χ1v) is 8.79. The Hall–Kier alpha value is -3.26. The summed E-state index contributed by atoms with van der Waals surface area (Å²) in [5, 5.41) is 4.45. The second-order valence-corrected chi connectivity index (χ2v) is 6.64. The van der Waals surface area contributed by atoms with Crippen molar-refractivity contribution in [1.29, 1.82) is 0 Å². The first-order chi connectivity index (χ1) is 13.1. The molecule has 0 saturated carbocycles. The van der Waals surface area contributed by atoms with Crippen LogP contribution in [0, 0.1) is 6.92 Å². The predicted octanol–water partition coefficient (Wildman–Crippen LogP) is 1.24. The molecule has 0 fully saturated rings. The first kappa shape index (κ1) is 17.2. The fourth-order valence-electron chi connectivity index (χ4n) is 3.28. The molecule has 0 atom stereocenters. The van der Waals surface area contributed by atoms with Gasteiger partial charge in [0.05, 0.1) is 6.20 Å². The molecule has 8 heteroatoms. The highest BCUT2D eigenvalue weighted by molar-refractivity contribution is 5.65. The van der Waals surface area contributed by atoms with Crippen LogP contribution in [0.25, 0.3) is 11.4 Å². The highest BCUT2D eigenvalue weighted by Crippen LogP contribution is 2.23. The molecule has 0 spiro atoms. The number of aryl methyl sites for hydroxylation is 1. The molecular weight excluding hydrogens is 344 g/mol. The number of nitrogens with one attached hydrogen (secondary N) is 2.